The van der Waals surface area contributed by atoms with Crippen LogP contribution in [0.2, 0.25) is 0 Å². The van der Waals surface area contributed by atoms with E-state index in [1.165, 1.54) is 25.0 Å². The van der Waals surface area contributed by atoms with Crippen molar-refractivity contribution in [3.63, 3.8) is 0 Å². The van der Waals surface area contributed by atoms with E-state index in [1.807, 2.05) is 0 Å². The Hall–Kier alpha value is -1.66. The molecule has 0 bridgehead atoms. The molecular weight excluding hydrogens is 299 g/mol. The zero-order valence-corrected chi connectivity index (χ0v) is 12.9. The van der Waals surface area contributed by atoms with Gasteiger partial charge in [0.25, 0.3) is 5.91 Å². The first-order valence-electron chi connectivity index (χ1n) is 8.25. The molecule has 1 aliphatic carbocycles. The molecule has 2 saturated heterocycles. The molecule has 1 saturated carbocycles. The quantitative estimate of drug-likeness (QED) is 0.896. The number of rotatable bonds is 2. The summed E-state index contributed by atoms with van der Waals surface area (Å²) in [6, 6.07) is 4.50. The Morgan fingerprint density at radius 2 is 2.09 bits per heavy atom. The summed E-state index contributed by atoms with van der Waals surface area (Å²) in [6.07, 6.45) is 2.57. The first-order valence-corrected chi connectivity index (χ1v) is 8.25. The minimum Gasteiger partial charge on any atom is -0.505 e. The van der Waals surface area contributed by atoms with Crippen molar-refractivity contribution < 1.29 is 19.0 Å². The van der Waals surface area contributed by atoms with Crippen LogP contribution in [0.15, 0.2) is 18.2 Å². The van der Waals surface area contributed by atoms with Crippen molar-refractivity contribution in [1.82, 2.24) is 9.80 Å². The average molecular weight is 320 g/mol. The fourth-order valence-electron chi connectivity index (χ4n) is 3.78. The molecule has 124 valence electrons. The Balaban J connectivity index is 1.46. The molecule has 1 aromatic rings. The summed E-state index contributed by atoms with van der Waals surface area (Å²) >= 11 is 0. The number of carbonyl (C=O) groups is 1. The molecule has 3 aliphatic rings. The van der Waals surface area contributed by atoms with E-state index in [0.29, 0.717) is 31.3 Å². The number of benzene rings is 1. The highest BCUT2D eigenvalue weighted by molar-refractivity contribution is 5.94. The van der Waals surface area contributed by atoms with Gasteiger partial charge in [0.1, 0.15) is 0 Å². The van der Waals surface area contributed by atoms with Gasteiger partial charge in [-0.05, 0) is 37.0 Å². The number of morpholine rings is 1. The van der Waals surface area contributed by atoms with Crippen molar-refractivity contribution in [2.24, 2.45) is 5.92 Å². The van der Waals surface area contributed by atoms with Gasteiger partial charge in [0.15, 0.2) is 11.6 Å². The standard InChI is InChI=1S/C17H21FN2O3/c18-14-4-3-12(7-16(14)21)17(22)19-5-6-20-13(8-19)9-23-10-15(20)11-1-2-11/h3-4,7,11,13,15,21H,1-2,5-6,8-10H2/t13-,15-/m1/s1. The molecule has 6 heteroatoms. The number of halogens is 1. The number of aromatic hydroxyl groups is 1. The van der Waals surface area contributed by atoms with Crippen LogP contribution < -0.4 is 0 Å². The minimum absolute atomic E-state index is 0.159. The first-order chi connectivity index (χ1) is 11.1. The highest BCUT2D eigenvalue weighted by atomic mass is 19.1. The van der Waals surface area contributed by atoms with Crippen molar-refractivity contribution in [3.05, 3.63) is 29.6 Å². The van der Waals surface area contributed by atoms with E-state index in [4.69, 9.17) is 4.74 Å². The zero-order valence-electron chi connectivity index (χ0n) is 12.9. The molecule has 1 aromatic carbocycles. The van der Waals surface area contributed by atoms with Crippen molar-refractivity contribution >= 4 is 5.91 Å². The smallest absolute Gasteiger partial charge is 0.254 e. The van der Waals surface area contributed by atoms with Gasteiger partial charge in [-0.3, -0.25) is 9.69 Å². The summed E-state index contributed by atoms with van der Waals surface area (Å²) in [6.45, 7) is 3.60. The Morgan fingerprint density at radius 1 is 1.26 bits per heavy atom. The van der Waals surface area contributed by atoms with Crippen LogP contribution in [0.4, 0.5) is 4.39 Å². The highest BCUT2D eigenvalue weighted by Crippen LogP contribution is 2.38. The Bertz CT molecular complexity index is 620. The van der Waals surface area contributed by atoms with Gasteiger partial charge in [-0.1, -0.05) is 0 Å². The summed E-state index contributed by atoms with van der Waals surface area (Å²) in [4.78, 5) is 16.9. The number of hydrogen-bond donors (Lipinski definition) is 1. The average Bonchev–Trinajstić information content (AvgIpc) is 3.40. The second-order valence-corrected chi connectivity index (χ2v) is 6.75. The number of amides is 1. The fourth-order valence-corrected chi connectivity index (χ4v) is 3.78. The third-order valence-corrected chi connectivity index (χ3v) is 5.20. The van der Waals surface area contributed by atoms with Crippen LogP contribution in [-0.2, 0) is 4.74 Å². The van der Waals surface area contributed by atoms with Crippen molar-refractivity contribution in [2.45, 2.75) is 24.9 Å². The number of carbonyl (C=O) groups excluding carboxylic acids is 1. The number of piperazine rings is 1. The van der Waals surface area contributed by atoms with Crippen LogP contribution in [0.3, 0.4) is 0 Å². The van der Waals surface area contributed by atoms with Crippen LogP contribution in [0.5, 0.6) is 5.75 Å². The Morgan fingerprint density at radius 3 is 2.83 bits per heavy atom. The molecular formula is C17H21FN2O3. The van der Waals surface area contributed by atoms with E-state index >= 15 is 0 Å². The second-order valence-electron chi connectivity index (χ2n) is 6.75. The van der Waals surface area contributed by atoms with Gasteiger partial charge in [0, 0.05) is 31.2 Å². The van der Waals surface area contributed by atoms with Crippen LogP contribution in [0, 0.1) is 11.7 Å². The van der Waals surface area contributed by atoms with Gasteiger partial charge >= 0.3 is 0 Å². The summed E-state index contributed by atoms with van der Waals surface area (Å²) in [5.74, 6) is -0.591. The monoisotopic (exact) mass is 320 g/mol. The van der Waals surface area contributed by atoms with Gasteiger partial charge < -0.3 is 14.7 Å². The molecule has 2 heterocycles. The predicted molar refractivity (Wildman–Crippen MR) is 81.8 cm³/mol. The number of fused-ring (bicyclic) bond motifs is 1. The maximum atomic E-state index is 13.2. The minimum atomic E-state index is -0.709. The molecule has 0 unspecified atom stereocenters. The second kappa shape index (κ2) is 5.76. The molecule has 23 heavy (non-hydrogen) atoms. The maximum absolute atomic E-state index is 13.2. The Kier molecular flexibility index (Phi) is 3.73. The van der Waals surface area contributed by atoms with Crippen molar-refractivity contribution in [2.75, 3.05) is 32.8 Å². The molecule has 5 nitrogen and oxygen atoms in total. The molecule has 4 rings (SSSR count). The van der Waals surface area contributed by atoms with Gasteiger partial charge in [0.2, 0.25) is 0 Å². The van der Waals surface area contributed by atoms with Crippen molar-refractivity contribution in [3.8, 4) is 5.75 Å². The lowest BCUT2D eigenvalue weighted by atomic mass is 10.0. The number of phenols is 1. The van der Waals surface area contributed by atoms with E-state index in [2.05, 4.69) is 4.90 Å². The van der Waals surface area contributed by atoms with E-state index < -0.39 is 11.6 Å². The summed E-state index contributed by atoms with van der Waals surface area (Å²) in [7, 11) is 0. The van der Waals surface area contributed by atoms with Crippen LogP contribution in [0.1, 0.15) is 23.2 Å². The van der Waals surface area contributed by atoms with Gasteiger partial charge in [-0.15, -0.1) is 0 Å². The fraction of sp³-hybridized carbons (Fsp3) is 0.588. The number of phenolic OH excluding ortho intramolecular Hbond substituents is 1. The number of hydrogen-bond acceptors (Lipinski definition) is 4. The van der Waals surface area contributed by atoms with Gasteiger partial charge in [-0.25, -0.2) is 4.39 Å². The number of nitrogens with zero attached hydrogens (tertiary/aromatic N) is 2. The molecule has 1 amide bonds. The molecule has 3 fully saturated rings. The SMILES string of the molecule is O=C(c1ccc(F)c(O)c1)N1CCN2[C@@H](COC[C@@H]2C2CC2)C1. The maximum Gasteiger partial charge on any atom is 0.254 e. The highest BCUT2D eigenvalue weighted by Gasteiger charge is 2.43. The largest absolute Gasteiger partial charge is 0.505 e. The lowest BCUT2D eigenvalue weighted by Crippen LogP contribution is -2.63. The van der Waals surface area contributed by atoms with Crippen molar-refractivity contribution in [1.29, 1.82) is 0 Å². The van der Waals surface area contributed by atoms with Gasteiger partial charge in [-0.2, -0.15) is 0 Å². The van der Waals surface area contributed by atoms with E-state index in [-0.39, 0.29) is 11.9 Å². The van der Waals surface area contributed by atoms with Gasteiger partial charge in [0.05, 0.1) is 19.3 Å². The van der Waals surface area contributed by atoms with E-state index in [0.717, 1.165) is 25.1 Å². The number of ether oxygens (including phenoxy) is 1. The Labute approximate surface area is 134 Å². The molecule has 2 atom stereocenters. The third-order valence-electron chi connectivity index (χ3n) is 5.20. The normalized spacial score (nSPS) is 28.5. The molecule has 1 N–H and O–H groups in total. The summed E-state index contributed by atoms with van der Waals surface area (Å²) in [5.41, 5.74) is 0.327. The van der Waals surface area contributed by atoms with E-state index in [1.54, 1.807) is 4.90 Å². The zero-order chi connectivity index (χ0) is 16.0. The molecule has 2 aliphatic heterocycles. The predicted octanol–water partition coefficient (Wildman–Crippen LogP) is 1.47. The molecule has 0 spiro atoms. The van der Waals surface area contributed by atoms with Crippen LogP contribution in [-0.4, -0.2) is 65.7 Å². The topological polar surface area (TPSA) is 53.0 Å². The summed E-state index contributed by atoms with van der Waals surface area (Å²) in [5, 5.41) is 9.46. The summed E-state index contributed by atoms with van der Waals surface area (Å²) < 4.78 is 18.9. The lowest BCUT2D eigenvalue weighted by Gasteiger charge is -2.48. The van der Waals surface area contributed by atoms with Crippen LogP contribution >= 0.6 is 0 Å². The third kappa shape index (κ3) is 2.81. The molecule has 0 aromatic heterocycles. The lowest BCUT2D eigenvalue weighted by molar-refractivity contribution is -0.0816. The molecule has 0 radical (unpaired) electrons. The first kappa shape index (κ1) is 14.9. The van der Waals surface area contributed by atoms with Crippen LogP contribution in [0.25, 0.3) is 0 Å². The van der Waals surface area contributed by atoms with E-state index in [9.17, 15) is 14.3 Å².